The molecule has 102 valence electrons. The number of ketones is 1. The Balaban J connectivity index is 2.18. The van der Waals surface area contributed by atoms with E-state index in [9.17, 15) is 4.79 Å². The zero-order chi connectivity index (χ0) is 14.0. The molecule has 2 unspecified atom stereocenters. The van der Waals surface area contributed by atoms with Gasteiger partial charge >= 0.3 is 0 Å². The summed E-state index contributed by atoms with van der Waals surface area (Å²) >= 11 is 0. The Bertz CT molecular complexity index is 482. The zero-order valence-corrected chi connectivity index (χ0v) is 12.4. The number of benzene rings is 1. The minimum absolute atomic E-state index is 0.0666. The largest absolute Gasteiger partial charge is 0.294 e. The summed E-state index contributed by atoms with van der Waals surface area (Å²) in [6, 6.07) is 9.67. The van der Waals surface area contributed by atoms with Gasteiger partial charge < -0.3 is 0 Å². The summed E-state index contributed by atoms with van der Waals surface area (Å²) in [7, 11) is 0. The summed E-state index contributed by atoms with van der Waals surface area (Å²) in [4.78, 5) is 12.5. The smallest absolute Gasteiger partial charge is 0.166 e. The van der Waals surface area contributed by atoms with Gasteiger partial charge in [-0.1, -0.05) is 62.8 Å². The number of carbonyl (C=O) groups excluding carboxylic acids is 1. The SMILES string of the molecule is CC1=CC(C(C)C(=O)c2ccccc2)CC(C)(C)C1. The lowest BCUT2D eigenvalue weighted by atomic mass is 9.69. The monoisotopic (exact) mass is 256 g/mol. The summed E-state index contributed by atoms with van der Waals surface area (Å²) in [6.45, 7) is 8.87. The molecule has 0 aromatic heterocycles. The minimum Gasteiger partial charge on any atom is -0.294 e. The van der Waals surface area contributed by atoms with E-state index in [-0.39, 0.29) is 11.7 Å². The second-order valence-corrected chi connectivity index (χ2v) is 6.74. The van der Waals surface area contributed by atoms with Gasteiger partial charge in [-0.05, 0) is 31.1 Å². The van der Waals surface area contributed by atoms with E-state index in [1.807, 2.05) is 30.3 Å². The molecule has 2 rings (SSSR count). The Morgan fingerprint density at radius 1 is 1.26 bits per heavy atom. The third-order valence-corrected chi connectivity index (χ3v) is 4.16. The fourth-order valence-corrected chi connectivity index (χ4v) is 3.33. The van der Waals surface area contributed by atoms with E-state index in [0.29, 0.717) is 11.3 Å². The maximum absolute atomic E-state index is 12.5. The van der Waals surface area contributed by atoms with Crippen LogP contribution in [0.15, 0.2) is 42.0 Å². The first-order valence-electron chi connectivity index (χ1n) is 7.16. The highest BCUT2D eigenvalue weighted by Gasteiger charge is 2.32. The van der Waals surface area contributed by atoms with E-state index in [1.165, 1.54) is 5.57 Å². The van der Waals surface area contributed by atoms with E-state index in [4.69, 9.17) is 0 Å². The maximum Gasteiger partial charge on any atom is 0.166 e. The van der Waals surface area contributed by atoms with Crippen molar-refractivity contribution in [2.45, 2.75) is 40.5 Å². The highest BCUT2D eigenvalue weighted by molar-refractivity contribution is 5.97. The molecule has 1 nitrogen and oxygen atoms in total. The molecule has 1 aromatic carbocycles. The molecule has 1 aliphatic rings. The molecule has 1 aromatic rings. The van der Waals surface area contributed by atoms with E-state index < -0.39 is 0 Å². The van der Waals surface area contributed by atoms with Crippen LogP contribution in [0.25, 0.3) is 0 Å². The molecule has 0 amide bonds. The average Bonchev–Trinajstić information content (AvgIpc) is 2.35. The van der Waals surface area contributed by atoms with E-state index >= 15 is 0 Å². The van der Waals surface area contributed by atoms with Gasteiger partial charge in [0, 0.05) is 11.5 Å². The molecule has 0 fully saturated rings. The van der Waals surface area contributed by atoms with Crippen LogP contribution in [-0.2, 0) is 0 Å². The molecule has 19 heavy (non-hydrogen) atoms. The van der Waals surface area contributed by atoms with Crippen molar-refractivity contribution in [1.82, 2.24) is 0 Å². The summed E-state index contributed by atoms with van der Waals surface area (Å²) in [5.41, 5.74) is 2.58. The first kappa shape index (κ1) is 14.0. The van der Waals surface area contributed by atoms with Crippen LogP contribution in [0.1, 0.15) is 50.9 Å². The van der Waals surface area contributed by atoms with E-state index in [1.54, 1.807) is 0 Å². The van der Waals surface area contributed by atoms with Gasteiger partial charge in [0.1, 0.15) is 0 Å². The fraction of sp³-hybridized carbons (Fsp3) is 0.500. The zero-order valence-electron chi connectivity index (χ0n) is 12.4. The second-order valence-electron chi connectivity index (χ2n) is 6.74. The normalized spacial score (nSPS) is 23.6. The van der Waals surface area contributed by atoms with Gasteiger partial charge in [-0.2, -0.15) is 0 Å². The van der Waals surface area contributed by atoms with E-state index in [0.717, 1.165) is 18.4 Å². The van der Waals surface area contributed by atoms with Gasteiger partial charge in [0.05, 0.1) is 0 Å². The lowest BCUT2D eigenvalue weighted by Crippen LogP contribution is -2.29. The van der Waals surface area contributed by atoms with Crippen molar-refractivity contribution in [1.29, 1.82) is 0 Å². The summed E-state index contributed by atoms with van der Waals surface area (Å²) in [5, 5.41) is 0. The Morgan fingerprint density at radius 3 is 2.47 bits per heavy atom. The minimum atomic E-state index is 0.0666. The maximum atomic E-state index is 12.5. The molecule has 2 atom stereocenters. The molecule has 0 heterocycles. The molecule has 0 radical (unpaired) electrons. The average molecular weight is 256 g/mol. The number of Topliss-reactive ketones (excluding diaryl/α,β-unsaturated/α-hetero) is 1. The number of allylic oxidation sites excluding steroid dienone is 2. The van der Waals surface area contributed by atoms with Gasteiger partial charge in [0.15, 0.2) is 5.78 Å². The molecule has 0 spiro atoms. The number of hydrogen-bond donors (Lipinski definition) is 0. The van der Waals surface area contributed by atoms with Gasteiger partial charge in [0.25, 0.3) is 0 Å². The predicted molar refractivity (Wildman–Crippen MR) is 80.2 cm³/mol. The van der Waals surface area contributed by atoms with Crippen molar-refractivity contribution in [3.8, 4) is 0 Å². The topological polar surface area (TPSA) is 17.1 Å². The number of rotatable bonds is 3. The van der Waals surface area contributed by atoms with Crippen molar-refractivity contribution in [3.05, 3.63) is 47.5 Å². The lowest BCUT2D eigenvalue weighted by Gasteiger charge is -2.36. The van der Waals surface area contributed by atoms with E-state index in [2.05, 4.69) is 33.8 Å². The number of hydrogen-bond acceptors (Lipinski definition) is 1. The van der Waals surface area contributed by atoms with Crippen LogP contribution in [-0.4, -0.2) is 5.78 Å². The van der Waals surface area contributed by atoms with Crippen molar-refractivity contribution >= 4 is 5.78 Å². The molecule has 0 saturated carbocycles. The summed E-state index contributed by atoms with van der Waals surface area (Å²) in [5.74, 6) is 0.709. The van der Waals surface area contributed by atoms with Crippen molar-refractivity contribution in [2.75, 3.05) is 0 Å². The Hall–Kier alpha value is -1.37. The Kier molecular flexibility index (Phi) is 3.93. The molecule has 1 heteroatoms. The highest BCUT2D eigenvalue weighted by Crippen LogP contribution is 2.41. The standard InChI is InChI=1S/C18H24O/c1-13-10-16(12-18(3,4)11-13)14(2)17(19)15-8-6-5-7-9-15/h5-10,14,16H,11-12H2,1-4H3. The van der Waals surface area contributed by atoms with Crippen LogP contribution in [0.4, 0.5) is 0 Å². The molecule has 0 bridgehead atoms. The van der Waals surface area contributed by atoms with Crippen molar-refractivity contribution in [3.63, 3.8) is 0 Å². The van der Waals surface area contributed by atoms with Crippen LogP contribution in [0.3, 0.4) is 0 Å². The van der Waals surface area contributed by atoms with Gasteiger partial charge in [-0.15, -0.1) is 0 Å². The summed E-state index contributed by atoms with van der Waals surface area (Å²) < 4.78 is 0. The first-order valence-corrected chi connectivity index (χ1v) is 7.16. The third-order valence-electron chi connectivity index (χ3n) is 4.16. The highest BCUT2D eigenvalue weighted by atomic mass is 16.1. The number of carbonyl (C=O) groups is 1. The van der Waals surface area contributed by atoms with Gasteiger partial charge in [-0.25, -0.2) is 0 Å². The van der Waals surface area contributed by atoms with Crippen LogP contribution < -0.4 is 0 Å². The molecule has 0 N–H and O–H groups in total. The van der Waals surface area contributed by atoms with Crippen LogP contribution >= 0.6 is 0 Å². The Morgan fingerprint density at radius 2 is 1.89 bits per heavy atom. The Labute approximate surface area is 116 Å². The quantitative estimate of drug-likeness (QED) is 0.556. The summed E-state index contributed by atoms with van der Waals surface area (Å²) in [6.07, 6.45) is 4.57. The lowest BCUT2D eigenvalue weighted by molar-refractivity contribution is 0.0876. The van der Waals surface area contributed by atoms with Crippen LogP contribution in [0.2, 0.25) is 0 Å². The van der Waals surface area contributed by atoms with Crippen molar-refractivity contribution < 1.29 is 4.79 Å². The predicted octanol–water partition coefficient (Wildman–Crippen LogP) is 4.89. The van der Waals surface area contributed by atoms with Crippen LogP contribution in [0.5, 0.6) is 0 Å². The van der Waals surface area contributed by atoms with Gasteiger partial charge in [-0.3, -0.25) is 4.79 Å². The van der Waals surface area contributed by atoms with Crippen molar-refractivity contribution in [2.24, 2.45) is 17.3 Å². The molecule has 0 aliphatic heterocycles. The molecular weight excluding hydrogens is 232 g/mol. The third kappa shape index (κ3) is 3.34. The molecule has 0 saturated heterocycles. The molecule has 1 aliphatic carbocycles. The first-order chi connectivity index (χ1) is 8.89. The molecular formula is C18H24O. The van der Waals surface area contributed by atoms with Crippen LogP contribution in [0, 0.1) is 17.3 Å². The second kappa shape index (κ2) is 5.32. The fourth-order valence-electron chi connectivity index (χ4n) is 3.33. The van der Waals surface area contributed by atoms with Gasteiger partial charge in [0.2, 0.25) is 0 Å².